The van der Waals surface area contributed by atoms with Gasteiger partial charge in [-0.3, -0.25) is 0 Å². The zero-order chi connectivity index (χ0) is 10.3. The lowest BCUT2D eigenvalue weighted by molar-refractivity contribution is 0.435. The molecular formula is C12H17NO. The number of aryl methyl sites for hydroxylation is 1. The van der Waals surface area contributed by atoms with Gasteiger partial charge < -0.3 is 10.8 Å². The minimum atomic E-state index is -0.457. The summed E-state index contributed by atoms with van der Waals surface area (Å²) in [7, 11) is 0. The maximum absolute atomic E-state index is 10.1. The lowest BCUT2D eigenvalue weighted by Gasteiger charge is -2.22. The number of fused-ring (bicyclic) bond motifs is 1. The molecule has 0 saturated carbocycles. The standard InChI is InChI=1S/C12H17NO/c1-12(2,13)10-7-6-8-4-3-5-9(8)11(10)14/h6-7,14H,3-5,13H2,1-2H3. The molecule has 0 unspecified atom stereocenters. The maximum Gasteiger partial charge on any atom is 0.124 e. The first-order valence-corrected chi connectivity index (χ1v) is 5.13. The minimum absolute atomic E-state index is 0.424. The molecule has 0 aromatic heterocycles. The monoisotopic (exact) mass is 191 g/mol. The van der Waals surface area contributed by atoms with E-state index >= 15 is 0 Å². The molecule has 1 aromatic carbocycles. The third-order valence-corrected chi connectivity index (χ3v) is 2.95. The second-order valence-corrected chi connectivity index (χ2v) is 4.67. The lowest BCUT2D eigenvalue weighted by Crippen LogP contribution is -2.28. The SMILES string of the molecule is CC(C)(N)c1ccc2c(c1O)CCC2. The van der Waals surface area contributed by atoms with E-state index < -0.39 is 5.54 Å². The molecule has 2 nitrogen and oxygen atoms in total. The van der Waals surface area contributed by atoms with Crippen molar-refractivity contribution >= 4 is 0 Å². The highest BCUT2D eigenvalue weighted by Crippen LogP contribution is 2.36. The average molecular weight is 191 g/mol. The van der Waals surface area contributed by atoms with Gasteiger partial charge in [0.1, 0.15) is 5.75 Å². The Hall–Kier alpha value is -1.02. The van der Waals surface area contributed by atoms with Crippen LogP contribution in [-0.4, -0.2) is 5.11 Å². The summed E-state index contributed by atoms with van der Waals surface area (Å²) in [6, 6.07) is 4.06. The number of phenols is 1. The number of hydrogen-bond acceptors (Lipinski definition) is 2. The predicted molar refractivity (Wildman–Crippen MR) is 57.3 cm³/mol. The van der Waals surface area contributed by atoms with Crippen LogP contribution in [0.15, 0.2) is 12.1 Å². The van der Waals surface area contributed by atoms with E-state index in [4.69, 9.17) is 5.73 Å². The van der Waals surface area contributed by atoms with Crippen molar-refractivity contribution in [3.63, 3.8) is 0 Å². The summed E-state index contributed by atoms with van der Waals surface area (Å²) < 4.78 is 0. The van der Waals surface area contributed by atoms with Gasteiger partial charge in [0.2, 0.25) is 0 Å². The van der Waals surface area contributed by atoms with Crippen LogP contribution in [-0.2, 0) is 18.4 Å². The normalized spacial score (nSPS) is 15.6. The number of rotatable bonds is 1. The van der Waals surface area contributed by atoms with Gasteiger partial charge in [0.15, 0.2) is 0 Å². The van der Waals surface area contributed by atoms with Crippen molar-refractivity contribution in [1.29, 1.82) is 0 Å². The van der Waals surface area contributed by atoms with Crippen LogP contribution < -0.4 is 5.73 Å². The van der Waals surface area contributed by atoms with Gasteiger partial charge in [-0.1, -0.05) is 12.1 Å². The van der Waals surface area contributed by atoms with Crippen LogP contribution in [0.3, 0.4) is 0 Å². The van der Waals surface area contributed by atoms with Crippen LogP contribution in [0.1, 0.15) is 37.0 Å². The van der Waals surface area contributed by atoms with Gasteiger partial charge in [0.05, 0.1) is 0 Å². The average Bonchev–Trinajstić information content (AvgIpc) is 2.50. The number of nitrogens with two attached hydrogens (primary N) is 1. The van der Waals surface area contributed by atoms with Crippen LogP contribution in [0.4, 0.5) is 0 Å². The number of aromatic hydroxyl groups is 1. The third kappa shape index (κ3) is 1.40. The Balaban J connectivity index is 2.56. The molecule has 0 saturated heterocycles. The Bertz CT molecular complexity index is 363. The highest BCUT2D eigenvalue weighted by atomic mass is 16.3. The molecule has 0 atom stereocenters. The van der Waals surface area contributed by atoms with Crippen molar-refractivity contribution in [2.45, 2.75) is 38.6 Å². The minimum Gasteiger partial charge on any atom is -0.507 e. The van der Waals surface area contributed by atoms with Gasteiger partial charge >= 0.3 is 0 Å². The second kappa shape index (κ2) is 2.99. The Morgan fingerprint density at radius 2 is 2.00 bits per heavy atom. The molecule has 3 N–H and O–H groups in total. The van der Waals surface area contributed by atoms with Gasteiger partial charge in [-0.05, 0) is 44.2 Å². The zero-order valence-corrected chi connectivity index (χ0v) is 8.80. The summed E-state index contributed by atoms with van der Waals surface area (Å²) in [6.45, 7) is 3.84. The van der Waals surface area contributed by atoms with Crippen molar-refractivity contribution in [3.8, 4) is 5.75 Å². The fraction of sp³-hybridized carbons (Fsp3) is 0.500. The predicted octanol–water partition coefficient (Wildman–Crippen LogP) is 2.07. The maximum atomic E-state index is 10.1. The van der Waals surface area contributed by atoms with Crippen molar-refractivity contribution in [1.82, 2.24) is 0 Å². The van der Waals surface area contributed by atoms with Crippen LogP contribution in [0.2, 0.25) is 0 Å². The lowest BCUT2D eigenvalue weighted by atomic mass is 9.91. The van der Waals surface area contributed by atoms with Crippen molar-refractivity contribution in [2.75, 3.05) is 0 Å². The van der Waals surface area contributed by atoms with Crippen LogP contribution in [0, 0.1) is 0 Å². The van der Waals surface area contributed by atoms with E-state index in [0.29, 0.717) is 5.75 Å². The first-order valence-electron chi connectivity index (χ1n) is 5.13. The molecule has 0 aliphatic heterocycles. The molecule has 0 spiro atoms. The number of phenolic OH excluding ortho intramolecular Hbond substituents is 1. The summed E-state index contributed by atoms with van der Waals surface area (Å²) >= 11 is 0. The van der Waals surface area contributed by atoms with E-state index in [2.05, 4.69) is 6.07 Å². The van der Waals surface area contributed by atoms with Gasteiger partial charge in [0, 0.05) is 11.1 Å². The Morgan fingerprint density at radius 3 is 2.64 bits per heavy atom. The molecule has 0 radical (unpaired) electrons. The largest absolute Gasteiger partial charge is 0.507 e. The summed E-state index contributed by atoms with van der Waals surface area (Å²) in [4.78, 5) is 0. The fourth-order valence-electron chi connectivity index (χ4n) is 2.17. The van der Waals surface area contributed by atoms with Gasteiger partial charge in [-0.15, -0.1) is 0 Å². The summed E-state index contributed by atoms with van der Waals surface area (Å²) in [5.41, 5.74) is 8.79. The third-order valence-electron chi connectivity index (χ3n) is 2.95. The first kappa shape index (κ1) is 9.53. The number of hydrogen-bond donors (Lipinski definition) is 2. The Labute approximate surface area is 84.7 Å². The summed E-state index contributed by atoms with van der Waals surface area (Å²) in [6.07, 6.45) is 3.23. The number of benzene rings is 1. The molecular weight excluding hydrogens is 174 g/mol. The summed E-state index contributed by atoms with van der Waals surface area (Å²) in [5.74, 6) is 0.424. The second-order valence-electron chi connectivity index (χ2n) is 4.67. The Morgan fingerprint density at radius 1 is 1.29 bits per heavy atom. The molecule has 0 fully saturated rings. The first-order chi connectivity index (χ1) is 6.50. The smallest absolute Gasteiger partial charge is 0.124 e. The van der Waals surface area contributed by atoms with Crippen molar-refractivity contribution in [2.24, 2.45) is 5.73 Å². The summed E-state index contributed by atoms with van der Waals surface area (Å²) in [5, 5.41) is 10.1. The van der Waals surface area contributed by atoms with Crippen molar-refractivity contribution in [3.05, 3.63) is 28.8 Å². The van der Waals surface area contributed by atoms with Gasteiger partial charge in [0.25, 0.3) is 0 Å². The molecule has 0 amide bonds. The van der Waals surface area contributed by atoms with Gasteiger partial charge in [-0.25, -0.2) is 0 Å². The van der Waals surface area contributed by atoms with Crippen LogP contribution in [0.25, 0.3) is 0 Å². The highest BCUT2D eigenvalue weighted by molar-refractivity contribution is 5.50. The van der Waals surface area contributed by atoms with E-state index in [-0.39, 0.29) is 0 Å². The van der Waals surface area contributed by atoms with Gasteiger partial charge in [-0.2, -0.15) is 0 Å². The van der Waals surface area contributed by atoms with E-state index in [1.807, 2.05) is 19.9 Å². The molecule has 1 aliphatic rings. The molecule has 1 aromatic rings. The molecule has 76 valence electrons. The fourth-order valence-corrected chi connectivity index (χ4v) is 2.17. The van der Waals surface area contributed by atoms with E-state index in [9.17, 15) is 5.11 Å². The quantitative estimate of drug-likeness (QED) is 0.714. The molecule has 2 rings (SSSR count). The Kier molecular flexibility index (Phi) is 2.04. The molecule has 0 bridgehead atoms. The molecule has 0 heterocycles. The highest BCUT2D eigenvalue weighted by Gasteiger charge is 2.23. The van der Waals surface area contributed by atoms with Crippen LogP contribution in [0.5, 0.6) is 5.75 Å². The molecule has 2 heteroatoms. The topological polar surface area (TPSA) is 46.2 Å². The molecule has 1 aliphatic carbocycles. The zero-order valence-electron chi connectivity index (χ0n) is 8.80. The van der Waals surface area contributed by atoms with Crippen LogP contribution >= 0.6 is 0 Å². The van der Waals surface area contributed by atoms with E-state index in [1.54, 1.807) is 0 Å². The van der Waals surface area contributed by atoms with E-state index in [0.717, 1.165) is 30.4 Å². The molecule has 14 heavy (non-hydrogen) atoms. The van der Waals surface area contributed by atoms with Crippen molar-refractivity contribution < 1.29 is 5.11 Å². The van der Waals surface area contributed by atoms with E-state index in [1.165, 1.54) is 5.56 Å².